The van der Waals surface area contributed by atoms with Gasteiger partial charge < -0.3 is 39.7 Å². The van der Waals surface area contributed by atoms with Crippen LogP contribution in [0.5, 0.6) is 0 Å². The fourth-order valence-corrected chi connectivity index (χ4v) is 8.58. The van der Waals surface area contributed by atoms with Gasteiger partial charge in [0.05, 0.1) is 43.0 Å². The van der Waals surface area contributed by atoms with E-state index in [9.17, 15) is 19.5 Å². The van der Waals surface area contributed by atoms with Crippen molar-refractivity contribution in [3.05, 3.63) is 121 Å². The van der Waals surface area contributed by atoms with Crippen LogP contribution in [0.2, 0.25) is 0 Å². The van der Waals surface area contributed by atoms with Crippen LogP contribution < -0.4 is 10.6 Å². The normalized spacial score (nSPS) is 18.1. The first-order chi connectivity index (χ1) is 29.6. The Kier molecular flexibility index (Phi) is 12.3. The van der Waals surface area contributed by atoms with Crippen molar-refractivity contribution in [1.82, 2.24) is 40.4 Å². The molecule has 4 aromatic carbocycles. The summed E-state index contributed by atoms with van der Waals surface area (Å²) in [7, 11) is 2.67. The molecular formula is C47H52N8O6. The zero-order valence-electron chi connectivity index (χ0n) is 34.8. The van der Waals surface area contributed by atoms with Crippen LogP contribution >= 0.6 is 0 Å². The maximum Gasteiger partial charge on any atom is 0.407 e. The minimum atomic E-state index is -1.29. The number of hydrogen-bond acceptors (Lipinski definition) is 9. The van der Waals surface area contributed by atoms with Gasteiger partial charge in [-0.05, 0) is 76.8 Å². The van der Waals surface area contributed by atoms with Crippen molar-refractivity contribution in [3.63, 3.8) is 0 Å². The van der Waals surface area contributed by atoms with Crippen LogP contribution in [0.25, 0.3) is 44.4 Å². The first-order valence-electron chi connectivity index (χ1n) is 20.8. The number of hydrogen-bond donors (Lipinski definition) is 5. The topological polar surface area (TPSA) is 178 Å². The molecule has 2 aliphatic heterocycles. The molecule has 2 aliphatic rings. The minimum absolute atomic E-state index is 0.105. The Labute approximate surface area is 354 Å². The molecule has 14 heteroatoms. The first kappa shape index (κ1) is 41.4. The molecule has 2 aromatic heterocycles. The number of aromatic amines is 2. The van der Waals surface area contributed by atoms with E-state index in [4.69, 9.17) is 19.4 Å². The van der Waals surface area contributed by atoms with Crippen molar-refractivity contribution >= 4 is 28.7 Å². The number of aliphatic hydroxyl groups excluding tert-OH is 1. The summed E-state index contributed by atoms with van der Waals surface area (Å²) in [4.78, 5) is 59.6. The van der Waals surface area contributed by atoms with Gasteiger partial charge in [-0.3, -0.25) is 14.9 Å². The third-order valence-corrected chi connectivity index (χ3v) is 11.9. The predicted octanol–water partition coefficient (Wildman–Crippen LogP) is 7.25. The molecule has 14 nitrogen and oxygen atoms in total. The van der Waals surface area contributed by atoms with Crippen molar-refractivity contribution in [2.45, 2.75) is 70.1 Å². The smallest absolute Gasteiger partial charge is 0.407 e. The lowest BCUT2D eigenvalue weighted by Gasteiger charge is -2.30. The summed E-state index contributed by atoms with van der Waals surface area (Å²) in [5, 5.41) is 18.0. The first-order valence-corrected chi connectivity index (χ1v) is 20.8. The average molecular weight is 825 g/mol. The van der Waals surface area contributed by atoms with E-state index in [0.29, 0.717) is 13.1 Å². The number of carbonyl (C=O) groups excluding carboxylic acids is 3. The maximum absolute atomic E-state index is 14.0. The van der Waals surface area contributed by atoms with Gasteiger partial charge in [0.2, 0.25) is 18.2 Å². The van der Waals surface area contributed by atoms with Gasteiger partial charge in [-0.25, -0.2) is 14.8 Å². The van der Waals surface area contributed by atoms with Gasteiger partial charge >= 0.3 is 6.09 Å². The van der Waals surface area contributed by atoms with Gasteiger partial charge in [-0.2, -0.15) is 0 Å². The number of imidazole rings is 2. The lowest BCUT2D eigenvalue weighted by Crippen LogP contribution is -2.51. The number of ether oxygens (including phenoxy) is 2. The molecule has 4 heterocycles. The molecule has 0 radical (unpaired) electrons. The van der Waals surface area contributed by atoms with Crippen LogP contribution in [0, 0.1) is 5.92 Å². The van der Waals surface area contributed by atoms with Gasteiger partial charge in [0, 0.05) is 25.8 Å². The number of rotatable bonds is 13. The SMILES string of the molecule is COC(=O)N[C@H](C(=O)N1CCC[C@H]1c1ncc(-c2ccc(-c3ccc4cc(-c5cnc([C@@H]6CCCN6C(=O)[C@H](NC(O)OC)c6ccccc6)[nH]5)ccc4c3)cc2)[nH]1)C(C)C. The molecule has 0 bridgehead atoms. The summed E-state index contributed by atoms with van der Waals surface area (Å²) < 4.78 is 9.80. The molecule has 316 valence electrons. The molecule has 2 fully saturated rings. The Balaban J connectivity index is 0.942. The second kappa shape index (κ2) is 18.1. The Morgan fingerprint density at radius 3 is 1.85 bits per heavy atom. The fraction of sp³-hybridized carbons (Fsp3) is 0.340. The molecule has 5 N–H and O–H groups in total. The number of H-pyrrole nitrogens is 2. The summed E-state index contributed by atoms with van der Waals surface area (Å²) in [6.45, 7) is 4.99. The van der Waals surface area contributed by atoms with Crippen molar-refractivity contribution < 1.29 is 29.0 Å². The molecule has 1 unspecified atom stereocenters. The quantitative estimate of drug-likeness (QED) is 0.0751. The Bertz CT molecular complexity index is 2480. The fourth-order valence-electron chi connectivity index (χ4n) is 8.58. The number of alkyl carbamates (subject to hydrolysis) is 1. The Hall–Kier alpha value is -6.35. The number of nitrogens with one attached hydrogen (secondary N) is 4. The molecule has 0 aliphatic carbocycles. The second-order valence-electron chi connectivity index (χ2n) is 16.1. The van der Waals surface area contributed by atoms with Crippen LogP contribution in [0.4, 0.5) is 4.79 Å². The molecule has 3 amide bonds. The molecule has 8 rings (SSSR count). The van der Waals surface area contributed by atoms with E-state index < -0.39 is 24.6 Å². The monoisotopic (exact) mass is 824 g/mol. The summed E-state index contributed by atoms with van der Waals surface area (Å²) in [6.07, 6.45) is 4.97. The predicted molar refractivity (Wildman–Crippen MR) is 231 cm³/mol. The second-order valence-corrected chi connectivity index (χ2v) is 16.1. The van der Waals surface area contributed by atoms with E-state index in [1.807, 2.05) is 66.4 Å². The van der Waals surface area contributed by atoms with Crippen LogP contribution in [0.1, 0.15) is 74.9 Å². The zero-order valence-corrected chi connectivity index (χ0v) is 34.8. The molecule has 61 heavy (non-hydrogen) atoms. The van der Waals surface area contributed by atoms with Crippen LogP contribution in [-0.2, 0) is 19.1 Å². The van der Waals surface area contributed by atoms with Crippen LogP contribution in [-0.4, -0.2) is 92.5 Å². The number of methoxy groups -OCH3 is 2. The molecular weight excluding hydrogens is 773 g/mol. The van der Waals surface area contributed by atoms with E-state index in [-0.39, 0.29) is 29.8 Å². The Morgan fingerprint density at radius 1 is 0.721 bits per heavy atom. The highest BCUT2D eigenvalue weighted by Crippen LogP contribution is 2.36. The zero-order chi connectivity index (χ0) is 42.6. The highest BCUT2D eigenvalue weighted by molar-refractivity contribution is 5.91. The van der Waals surface area contributed by atoms with Gasteiger partial charge in [-0.1, -0.05) is 92.7 Å². The third-order valence-electron chi connectivity index (χ3n) is 11.9. The summed E-state index contributed by atoms with van der Waals surface area (Å²) in [6, 6.07) is 28.6. The number of aromatic nitrogens is 4. The van der Waals surface area contributed by atoms with E-state index in [2.05, 4.69) is 81.3 Å². The number of nitrogens with zero attached hydrogens (tertiary/aromatic N) is 4. The summed E-state index contributed by atoms with van der Waals surface area (Å²) in [5.41, 5.74) is 6.62. The standard InChI is InChI=1S/C47H52N8O6/c1-28(2)40(52-46(58)60-3)44(56)54-22-8-12-38(54)42-48-26-36(50-42)30-16-14-29(15-17-30)32-18-19-34-25-35(21-20-33(34)24-32)37-27-49-43(51-37)39-13-9-23-55(39)45(57)41(53-47(59)61-4)31-10-6-5-7-11-31/h5-7,10-11,14-21,24-28,38-41,47,53,59H,8-9,12-13,22-23H2,1-4H3,(H,48,50)(H,49,51)(H,52,58)/t38-,39-,40-,41+,47?/m0/s1. The number of benzene rings is 4. The van der Waals surface area contributed by atoms with Gasteiger partial charge in [-0.15, -0.1) is 0 Å². The van der Waals surface area contributed by atoms with Crippen LogP contribution in [0.15, 0.2) is 103 Å². The molecule has 0 saturated carbocycles. The maximum atomic E-state index is 14.0. The summed E-state index contributed by atoms with van der Waals surface area (Å²) in [5.74, 6) is 1.06. The number of carbonyl (C=O) groups is 3. The van der Waals surface area contributed by atoms with E-state index in [0.717, 1.165) is 87.3 Å². The molecule has 5 atom stereocenters. The van der Waals surface area contributed by atoms with E-state index in [1.165, 1.54) is 14.2 Å². The molecule has 0 spiro atoms. The highest BCUT2D eigenvalue weighted by atomic mass is 16.6. The third kappa shape index (κ3) is 8.78. The largest absolute Gasteiger partial charge is 0.453 e. The molecule has 6 aromatic rings. The number of likely N-dealkylation sites (tertiary alicyclic amines) is 2. The lowest BCUT2D eigenvalue weighted by molar-refractivity contribution is -0.143. The van der Waals surface area contributed by atoms with Crippen molar-refractivity contribution in [2.24, 2.45) is 5.92 Å². The van der Waals surface area contributed by atoms with E-state index >= 15 is 0 Å². The highest BCUT2D eigenvalue weighted by Gasteiger charge is 2.38. The van der Waals surface area contributed by atoms with Gasteiger partial charge in [0.15, 0.2) is 0 Å². The number of fused-ring (bicyclic) bond motifs is 1. The summed E-state index contributed by atoms with van der Waals surface area (Å²) >= 11 is 0. The van der Waals surface area contributed by atoms with Crippen molar-refractivity contribution in [2.75, 3.05) is 27.3 Å². The van der Waals surface area contributed by atoms with Gasteiger partial charge in [0.1, 0.15) is 23.7 Å². The number of amides is 3. The lowest BCUT2D eigenvalue weighted by atomic mass is 9.98. The number of aliphatic hydroxyl groups is 1. The Morgan fingerprint density at radius 2 is 1.26 bits per heavy atom. The van der Waals surface area contributed by atoms with Crippen molar-refractivity contribution in [3.8, 4) is 33.6 Å². The van der Waals surface area contributed by atoms with Gasteiger partial charge in [0.25, 0.3) is 0 Å². The average Bonchev–Trinajstić information content (AvgIpc) is 4.14. The van der Waals surface area contributed by atoms with Crippen LogP contribution in [0.3, 0.4) is 0 Å². The van der Waals surface area contributed by atoms with E-state index in [1.54, 1.807) is 0 Å². The minimum Gasteiger partial charge on any atom is -0.453 e. The molecule has 2 saturated heterocycles. The van der Waals surface area contributed by atoms with Crippen molar-refractivity contribution in [1.29, 1.82) is 0 Å².